The normalized spacial score (nSPS) is 12.0. The van der Waals surface area contributed by atoms with E-state index in [1.807, 2.05) is 38.4 Å². The molecular weight excluding hydrogens is 334 g/mol. The molecule has 2 heterocycles. The molecule has 0 unspecified atom stereocenters. The molecule has 3 aromatic rings. The van der Waals surface area contributed by atoms with Gasteiger partial charge in [0.25, 0.3) is 5.91 Å². The number of hydrogen-bond donors (Lipinski definition) is 1. The minimum Gasteiger partial charge on any atom is -0.448 e. The number of nitrogens with one attached hydrogen (secondary N) is 1. The van der Waals surface area contributed by atoms with Gasteiger partial charge in [-0.2, -0.15) is 0 Å². The molecule has 1 amide bonds. The maximum absolute atomic E-state index is 12.4. The molecule has 5 nitrogen and oxygen atoms in total. The van der Waals surface area contributed by atoms with E-state index >= 15 is 0 Å². The van der Waals surface area contributed by atoms with E-state index in [9.17, 15) is 4.79 Å². The summed E-state index contributed by atoms with van der Waals surface area (Å²) in [7, 11) is 4.06. The second-order valence-corrected chi connectivity index (χ2v) is 8.27. The highest BCUT2D eigenvalue weighted by atomic mass is 32.1. The van der Waals surface area contributed by atoms with Crippen molar-refractivity contribution in [1.82, 2.24) is 15.2 Å². The van der Waals surface area contributed by atoms with E-state index in [1.54, 1.807) is 23.5 Å². The smallest absolute Gasteiger partial charge is 0.287 e. The third-order valence-corrected chi connectivity index (χ3v) is 4.86. The molecule has 1 aromatic carbocycles. The highest BCUT2D eigenvalue weighted by molar-refractivity contribution is 7.21. The molecule has 132 valence electrons. The molecule has 25 heavy (non-hydrogen) atoms. The number of para-hydroxylation sites is 1. The van der Waals surface area contributed by atoms with E-state index < -0.39 is 0 Å². The van der Waals surface area contributed by atoms with E-state index in [1.165, 1.54) is 0 Å². The Bertz CT molecular complexity index is 847. The van der Waals surface area contributed by atoms with Crippen LogP contribution >= 0.6 is 11.3 Å². The fourth-order valence-corrected chi connectivity index (χ4v) is 3.80. The molecule has 6 heteroatoms. The SMILES string of the molecule is CN(C)CC(C)(C)CNC(=O)c1ccc(-c2nc3ccccc3s2)o1. The Kier molecular flexibility index (Phi) is 4.92. The van der Waals surface area contributed by atoms with Crippen LogP contribution in [0.4, 0.5) is 0 Å². The second kappa shape index (κ2) is 6.98. The second-order valence-electron chi connectivity index (χ2n) is 7.24. The Labute approximate surface area is 151 Å². The summed E-state index contributed by atoms with van der Waals surface area (Å²) in [4.78, 5) is 19.0. The Morgan fingerprint density at radius 1 is 1.24 bits per heavy atom. The summed E-state index contributed by atoms with van der Waals surface area (Å²) in [6.07, 6.45) is 0. The molecule has 0 saturated heterocycles. The van der Waals surface area contributed by atoms with Gasteiger partial charge in [-0.05, 0) is 43.8 Å². The summed E-state index contributed by atoms with van der Waals surface area (Å²) >= 11 is 1.56. The molecular formula is C19H23N3O2S. The lowest BCUT2D eigenvalue weighted by atomic mass is 9.93. The molecule has 3 rings (SSSR count). The Morgan fingerprint density at radius 3 is 2.72 bits per heavy atom. The molecule has 0 bridgehead atoms. The van der Waals surface area contributed by atoms with Gasteiger partial charge in [0.15, 0.2) is 16.5 Å². The summed E-state index contributed by atoms with van der Waals surface area (Å²) in [5, 5.41) is 3.74. The van der Waals surface area contributed by atoms with Crippen LogP contribution in [-0.2, 0) is 0 Å². The van der Waals surface area contributed by atoms with Gasteiger partial charge in [0.1, 0.15) is 0 Å². The first kappa shape index (κ1) is 17.6. The minimum absolute atomic E-state index is 0.0123. The molecule has 0 spiro atoms. The summed E-state index contributed by atoms with van der Waals surface area (Å²) < 4.78 is 6.83. The number of thiazole rings is 1. The van der Waals surface area contributed by atoms with Gasteiger partial charge in [-0.3, -0.25) is 4.79 Å². The molecule has 0 aliphatic heterocycles. The van der Waals surface area contributed by atoms with Crippen molar-refractivity contribution >= 4 is 27.5 Å². The van der Waals surface area contributed by atoms with Gasteiger partial charge in [0.05, 0.1) is 10.2 Å². The number of fused-ring (bicyclic) bond motifs is 1. The van der Waals surface area contributed by atoms with Gasteiger partial charge in [-0.25, -0.2) is 4.98 Å². The van der Waals surface area contributed by atoms with Crippen molar-refractivity contribution in [2.75, 3.05) is 27.2 Å². The molecule has 1 N–H and O–H groups in total. The van der Waals surface area contributed by atoms with Crippen molar-refractivity contribution in [2.24, 2.45) is 5.41 Å². The number of hydrogen-bond acceptors (Lipinski definition) is 5. The molecule has 0 aliphatic rings. The van der Waals surface area contributed by atoms with Gasteiger partial charge in [-0.15, -0.1) is 11.3 Å². The minimum atomic E-state index is -0.195. The molecule has 0 atom stereocenters. The van der Waals surface area contributed by atoms with Crippen LogP contribution in [-0.4, -0.2) is 43.0 Å². The molecule has 2 aromatic heterocycles. The topological polar surface area (TPSA) is 58.4 Å². The number of carbonyl (C=O) groups is 1. The monoisotopic (exact) mass is 357 g/mol. The third-order valence-electron chi connectivity index (χ3n) is 3.81. The zero-order chi connectivity index (χ0) is 18.0. The van der Waals surface area contributed by atoms with Crippen LogP contribution in [0.5, 0.6) is 0 Å². The average Bonchev–Trinajstić information content (AvgIpc) is 3.17. The number of furan rings is 1. The van der Waals surface area contributed by atoms with E-state index in [4.69, 9.17) is 4.42 Å². The van der Waals surface area contributed by atoms with Gasteiger partial charge in [-0.1, -0.05) is 26.0 Å². The Morgan fingerprint density at radius 2 is 2.00 bits per heavy atom. The molecule has 0 saturated carbocycles. The van der Waals surface area contributed by atoms with Crippen molar-refractivity contribution in [3.8, 4) is 10.8 Å². The van der Waals surface area contributed by atoms with Crippen molar-refractivity contribution in [2.45, 2.75) is 13.8 Å². The van der Waals surface area contributed by atoms with Crippen LogP contribution < -0.4 is 5.32 Å². The molecule has 0 fully saturated rings. The van der Waals surface area contributed by atoms with Crippen LogP contribution in [0.1, 0.15) is 24.4 Å². The molecule has 0 radical (unpaired) electrons. The Hall–Kier alpha value is -2.18. The fourth-order valence-electron chi connectivity index (χ4n) is 2.87. The van der Waals surface area contributed by atoms with E-state index in [0.29, 0.717) is 18.1 Å². The van der Waals surface area contributed by atoms with Crippen molar-refractivity contribution < 1.29 is 9.21 Å². The standard InChI is InChI=1S/C19H23N3O2S/c1-19(2,12-22(3)4)11-20-17(23)14-9-10-15(24-14)18-21-13-7-5-6-8-16(13)25-18/h5-10H,11-12H2,1-4H3,(H,20,23). The van der Waals surface area contributed by atoms with E-state index in [0.717, 1.165) is 21.8 Å². The highest BCUT2D eigenvalue weighted by Crippen LogP contribution is 2.31. The van der Waals surface area contributed by atoms with Crippen molar-refractivity contribution in [1.29, 1.82) is 0 Å². The van der Waals surface area contributed by atoms with Crippen LogP contribution in [0.25, 0.3) is 21.0 Å². The van der Waals surface area contributed by atoms with Crippen LogP contribution in [0.3, 0.4) is 0 Å². The largest absolute Gasteiger partial charge is 0.448 e. The zero-order valence-corrected chi connectivity index (χ0v) is 15.8. The van der Waals surface area contributed by atoms with Crippen LogP contribution in [0.15, 0.2) is 40.8 Å². The van der Waals surface area contributed by atoms with Crippen molar-refractivity contribution in [3.63, 3.8) is 0 Å². The number of rotatable bonds is 6. The summed E-state index contributed by atoms with van der Waals surface area (Å²) in [5.41, 5.74) is 0.928. The summed E-state index contributed by atoms with van der Waals surface area (Å²) in [6.45, 7) is 5.73. The quantitative estimate of drug-likeness (QED) is 0.727. The van der Waals surface area contributed by atoms with Gasteiger partial charge < -0.3 is 14.6 Å². The number of aromatic nitrogens is 1. The lowest BCUT2D eigenvalue weighted by Crippen LogP contribution is -2.39. The first-order valence-corrected chi connectivity index (χ1v) is 9.04. The summed E-state index contributed by atoms with van der Waals surface area (Å²) in [6, 6.07) is 11.5. The number of amides is 1. The predicted molar refractivity (Wildman–Crippen MR) is 102 cm³/mol. The lowest BCUT2D eigenvalue weighted by molar-refractivity contribution is 0.0902. The Balaban J connectivity index is 1.69. The molecule has 0 aliphatic carbocycles. The van der Waals surface area contributed by atoms with Gasteiger partial charge in [0, 0.05) is 13.1 Å². The summed E-state index contributed by atoms with van der Waals surface area (Å²) in [5.74, 6) is 0.744. The van der Waals surface area contributed by atoms with E-state index in [2.05, 4.69) is 29.0 Å². The van der Waals surface area contributed by atoms with Gasteiger partial charge in [0.2, 0.25) is 0 Å². The van der Waals surface area contributed by atoms with Crippen molar-refractivity contribution in [3.05, 3.63) is 42.2 Å². The highest BCUT2D eigenvalue weighted by Gasteiger charge is 2.21. The first-order chi connectivity index (χ1) is 11.8. The number of nitrogens with zero attached hydrogens (tertiary/aromatic N) is 2. The maximum Gasteiger partial charge on any atom is 0.287 e. The lowest BCUT2D eigenvalue weighted by Gasteiger charge is -2.28. The van der Waals surface area contributed by atoms with Gasteiger partial charge >= 0.3 is 0 Å². The number of benzene rings is 1. The predicted octanol–water partition coefficient (Wildman–Crippen LogP) is 3.87. The maximum atomic E-state index is 12.4. The number of carbonyl (C=O) groups excluding carboxylic acids is 1. The van der Waals surface area contributed by atoms with Crippen LogP contribution in [0.2, 0.25) is 0 Å². The average molecular weight is 357 g/mol. The van der Waals surface area contributed by atoms with E-state index in [-0.39, 0.29) is 11.3 Å². The van der Waals surface area contributed by atoms with Crippen LogP contribution in [0, 0.1) is 5.41 Å². The zero-order valence-electron chi connectivity index (χ0n) is 15.0. The third kappa shape index (κ3) is 4.27. The fraction of sp³-hybridized carbons (Fsp3) is 0.368. The first-order valence-electron chi connectivity index (χ1n) is 8.23.